The molecule has 1 aromatic rings. The largest absolute Gasteiger partial charge is 0.507 e. The summed E-state index contributed by atoms with van der Waals surface area (Å²) in [4.78, 5) is 0. The van der Waals surface area contributed by atoms with E-state index in [-0.39, 0.29) is 16.6 Å². The second kappa shape index (κ2) is 5.04. The third-order valence-electron chi connectivity index (χ3n) is 2.95. The molecule has 0 fully saturated rings. The minimum Gasteiger partial charge on any atom is -0.507 e. The number of aromatic hydroxyl groups is 1. The van der Waals surface area contributed by atoms with E-state index in [4.69, 9.17) is 0 Å². The van der Waals surface area contributed by atoms with Crippen LogP contribution < -0.4 is 4.72 Å². The molecule has 0 saturated carbocycles. The second-order valence-corrected chi connectivity index (χ2v) is 7.53. The van der Waals surface area contributed by atoms with Crippen LogP contribution in [0.15, 0.2) is 12.1 Å². The molecule has 0 radical (unpaired) electrons. The van der Waals surface area contributed by atoms with E-state index < -0.39 is 10.9 Å². The molecule has 2 N–H and O–H groups in total. The van der Waals surface area contributed by atoms with Crippen molar-refractivity contribution in [3.63, 3.8) is 0 Å². The molecule has 0 amide bonds. The molecule has 5 heteroatoms. The third-order valence-corrected chi connectivity index (χ3v) is 3.39. The maximum Gasteiger partial charge on any atom is 0.222 e. The number of benzene rings is 1. The van der Waals surface area contributed by atoms with Crippen LogP contribution in [0.3, 0.4) is 0 Å². The second-order valence-electron chi connectivity index (χ2n) is 6.79. The van der Waals surface area contributed by atoms with Crippen molar-refractivity contribution in [1.29, 1.82) is 0 Å². The Balaban J connectivity index is 3.56. The van der Waals surface area contributed by atoms with Gasteiger partial charge in [-0.3, -0.25) is 4.72 Å². The highest BCUT2D eigenvalue weighted by atomic mass is 32.2. The number of hydrogen-bond acceptors (Lipinski definition) is 3. The van der Waals surface area contributed by atoms with Gasteiger partial charge < -0.3 is 5.11 Å². The number of nitrogens with one attached hydrogen (secondary N) is 1. The number of hydrogen-bond donors (Lipinski definition) is 3. The summed E-state index contributed by atoms with van der Waals surface area (Å²) >= 11 is 0. The number of anilines is 1. The molecule has 1 aromatic carbocycles. The van der Waals surface area contributed by atoms with Crippen LogP contribution in [0.2, 0.25) is 0 Å². The first kappa shape index (κ1) is 15.8. The molecular formula is C14H23NO3S. The molecule has 108 valence electrons. The number of thiol groups is 1. The van der Waals surface area contributed by atoms with Crippen LogP contribution in [0.25, 0.3) is 0 Å². The standard InChI is InChI=1S/C14H23NO3S/c1-13(2,3)10-7-9(15-19(17)18)8-11(12(10)16)14(4,5)6/h7-8,16,19H,1-6H3,(H,15,17,18). The van der Waals surface area contributed by atoms with Crippen molar-refractivity contribution in [1.82, 2.24) is 0 Å². The highest BCUT2D eigenvalue weighted by Gasteiger charge is 2.26. The summed E-state index contributed by atoms with van der Waals surface area (Å²) in [6.45, 7) is 11.9. The molecule has 4 nitrogen and oxygen atoms in total. The van der Waals surface area contributed by atoms with Crippen molar-refractivity contribution >= 4 is 16.6 Å². The average Bonchev–Trinajstić information content (AvgIpc) is 2.16. The predicted octanol–water partition coefficient (Wildman–Crippen LogP) is 2.93. The molecule has 0 aliphatic carbocycles. The summed E-state index contributed by atoms with van der Waals surface area (Å²) in [7, 11) is -2.71. The van der Waals surface area contributed by atoms with Gasteiger partial charge in [0, 0.05) is 16.8 Å². The zero-order valence-corrected chi connectivity index (χ0v) is 13.3. The Bertz CT molecular complexity index is 506. The smallest absolute Gasteiger partial charge is 0.222 e. The summed E-state index contributed by atoms with van der Waals surface area (Å²) in [5.41, 5.74) is 1.43. The Kier molecular flexibility index (Phi) is 4.20. The van der Waals surface area contributed by atoms with Gasteiger partial charge in [0.25, 0.3) is 0 Å². The van der Waals surface area contributed by atoms with Crippen LogP contribution in [-0.2, 0) is 21.7 Å². The fourth-order valence-electron chi connectivity index (χ4n) is 1.95. The quantitative estimate of drug-likeness (QED) is 0.578. The lowest BCUT2D eigenvalue weighted by Gasteiger charge is -2.28. The lowest BCUT2D eigenvalue weighted by molar-refractivity contribution is 0.423. The van der Waals surface area contributed by atoms with E-state index in [1.807, 2.05) is 41.5 Å². The summed E-state index contributed by atoms with van der Waals surface area (Å²) in [6, 6.07) is 3.38. The Morgan fingerprint density at radius 2 is 1.32 bits per heavy atom. The minimum atomic E-state index is -2.71. The van der Waals surface area contributed by atoms with E-state index in [2.05, 4.69) is 4.72 Å². The fraction of sp³-hybridized carbons (Fsp3) is 0.571. The fourth-order valence-corrected chi connectivity index (χ4v) is 2.29. The Morgan fingerprint density at radius 3 is 1.58 bits per heavy atom. The van der Waals surface area contributed by atoms with Crippen molar-refractivity contribution in [3.05, 3.63) is 23.3 Å². The monoisotopic (exact) mass is 285 g/mol. The van der Waals surface area contributed by atoms with Crippen LogP contribution in [0, 0.1) is 0 Å². The van der Waals surface area contributed by atoms with Gasteiger partial charge in [0.05, 0.1) is 0 Å². The zero-order chi connectivity index (χ0) is 15.0. The van der Waals surface area contributed by atoms with E-state index in [1.165, 1.54) is 0 Å². The van der Waals surface area contributed by atoms with Crippen LogP contribution in [-0.4, -0.2) is 13.5 Å². The van der Waals surface area contributed by atoms with E-state index in [1.54, 1.807) is 12.1 Å². The molecule has 0 spiro atoms. The van der Waals surface area contributed by atoms with Crippen molar-refractivity contribution in [2.24, 2.45) is 0 Å². The number of phenolic OH excluding ortho intramolecular Hbond substituents is 1. The van der Waals surface area contributed by atoms with Gasteiger partial charge in [0.1, 0.15) is 5.75 Å². The summed E-state index contributed by atoms with van der Waals surface area (Å²) in [6.07, 6.45) is 0. The van der Waals surface area contributed by atoms with Crippen LogP contribution in [0.1, 0.15) is 52.7 Å². The van der Waals surface area contributed by atoms with Gasteiger partial charge in [-0.2, -0.15) is 0 Å². The van der Waals surface area contributed by atoms with Crippen molar-refractivity contribution in [2.75, 3.05) is 4.72 Å². The van der Waals surface area contributed by atoms with Gasteiger partial charge in [0.15, 0.2) is 0 Å². The summed E-state index contributed by atoms with van der Waals surface area (Å²) in [5.74, 6) is 0.242. The van der Waals surface area contributed by atoms with Crippen molar-refractivity contribution < 1.29 is 13.5 Å². The van der Waals surface area contributed by atoms with E-state index in [0.29, 0.717) is 5.69 Å². The van der Waals surface area contributed by atoms with Gasteiger partial charge in [-0.15, -0.1) is 0 Å². The maximum absolute atomic E-state index is 10.8. The van der Waals surface area contributed by atoms with Gasteiger partial charge in [-0.1, -0.05) is 41.5 Å². The van der Waals surface area contributed by atoms with E-state index in [9.17, 15) is 13.5 Å². The number of rotatable bonds is 2. The maximum atomic E-state index is 10.8. The number of phenols is 1. The molecule has 1 rings (SSSR count). The predicted molar refractivity (Wildman–Crippen MR) is 79.4 cm³/mol. The molecule has 0 saturated heterocycles. The molecular weight excluding hydrogens is 262 g/mol. The Morgan fingerprint density at radius 1 is 0.947 bits per heavy atom. The first-order valence-corrected chi connectivity index (χ1v) is 7.39. The Hall–Kier alpha value is -1.23. The Labute approximate surface area is 116 Å². The highest BCUT2D eigenvalue weighted by molar-refractivity contribution is 7.73. The molecule has 19 heavy (non-hydrogen) atoms. The first-order valence-electron chi connectivity index (χ1n) is 6.22. The topological polar surface area (TPSA) is 66.4 Å². The van der Waals surface area contributed by atoms with Crippen LogP contribution >= 0.6 is 0 Å². The van der Waals surface area contributed by atoms with Crippen LogP contribution in [0.4, 0.5) is 5.69 Å². The van der Waals surface area contributed by atoms with Gasteiger partial charge in [0.2, 0.25) is 10.9 Å². The van der Waals surface area contributed by atoms with E-state index in [0.717, 1.165) is 11.1 Å². The molecule has 0 aliphatic rings. The van der Waals surface area contributed by atoms with E-state index >= 15 is 0 Å². The molecule has 0 heterocycles. The molecule has 0 atom stereocenters. The van der Waals surface area contributed by atoms with Gasteiger partial charge in [-0.25, -0.2) is 8.42 Å². The SMILES string of the molecule is CC(C)(C)c1cc(N[SH](=O)=O)cc(C(C)(C)C)c1O. The minimum absolute atomic E-state index is 0.242. The molecule has 0 unspecified atom stereocenters. The lowest BCUT2D eigenvalue weighted by atomic mass is 9.79. The molecule has 0 aliphatic heterocycles. The van der Waals surface area contributed by atoms with Gasteiger partial charge >= 0.3 is 0 Å². The average molecular weight is 285 g/mol. The lowest BCUT2D eigenvalue weighted by Crippen LogP contribution is -2.17. The van der Waals surface area contributed by atoms with Gasteiger partial charge in [-0.05, 0) is 23.0 Å². The van der Waals surface area contributed by atoms with Crippen LogP contribution in [0.5, 0.6) is 5.75 Å². The van der Waals surface area contributed by atoms with Crippen molar-refractivity contribution in [2.45, 2.75) is 52.4 Å². The zero-order valence-electron chi connectivity index (χ0n) is 12.4. The third kappa shape index (κ3) is 3.86. The van der Waals surface area contributed by atoms with Crippen molar-refractivity contribution in [3.8, 4) is 5.75 Å². The molecule has 0 aromatic heterocycles. The summed E-state index contributed by atoms with van der Waals surface area (Å²) in [5, 5.41) is 10.4. The summed E-state index contributed by atoms with van der Waals surface area (Å²) < 4.78 is 24.1. The molecule has 0 bridgehead atoms. The first-order chi connectivity index (χ1) is 8.43. The normalized spacial score (nSPS) is 12.8. The highest BCUT2D eigenvalue weighted by Crippen LogP contribution is 2.40.